The van der Waals surface area contributed by atoms with E-state index < -0.39 is 10.8 Å². The average molecular weight is 284 g/mol. The molecule has 1 aromatic carbocycles. The number of methoxy groups -OCH3 is 1. The van der Waals surface area contributed by atoms with Crippen molar-refractivity contribution in [3.8, 4) is 0 Å². The molecule has 1 rings (SSSR count). The molecule has 0 aliphatic rings. The lowest BCUT2D eigenvalue weighted by Crippen LogP contribution is -2.29. The number of benzene rings is 1. The van der Waals surface area contributed by atoms with E-state index in [0.29, 0.717) is 23.7 Å². The van der Waals surface area contributed by atoms with Gasteiger partial charge in [-0.3, -0.25) is 9.00 Å². The van der Waals surface area contributed by atoms with Gasteiger partial charge in [-0.2, -0.15) is 0 Å². The van der Waals surface area contributed by atoms with Crippen LogP contribution in [0.5, 0.6) is 0 Å². The van der Waals surface area contributed by atoms with Gasteiger partial charge in [0, 0.05) is 30.8 Å². The number of carbonyl (C=O) groups is 1. The van der Waals surface area contributed by atoms with Crippen molar-refractivity contribution in [3.05, 3.63) is 23.8 Å². The fourth-order valence-corrected chi connectivity index (χ4v) is 2.74. The second kappa shape index (κ2) is 7.91. The van der Waals surface area contributed by atoms with Crippen LogP contribution >= 0.6 is 0 Å². The van der Waals surface area contributed by atoms with Crippen LogP contribution in [0.4, 0.5) is 5.69 Å². The van der Waals surface area contributed by atoms with Gasteiger partial charge in [0.15, 0.2) is 0 Å². The van der Waals surface area contributed by atoms with E-state index in [-0.39, 0.29) is 11.7 Å². The zero-order valence-electron chi connectivity index (χ0n) is 11.3. The summed E-state index contributed by atoms with van der Waals surface area (Å²) < 4.78 is 17.0. The largest absolute Gasteiger partial charge is 0.399 e. The fraction of sp³-hybridized carbons (Fsp3) is 0.462. The summed E-state index contributed by atoms with van der Waals surface area (Å²) in [7, 11) is 0.245. The zero-order chi connectivity index (χ0) is 14.3. The number of carbonyl (C=O) groups excluding carboxylic acids is 1. The molecule has 106 valence electrons. The van der Waals surface area contributed by atoms with Crippen LogP contribution in [0, 0.1) is 6.92 Å². The molecule has 3 N–H and O–H groups in total. The van der Waals surface area contributed by atoms with E-state index in [2.05, 4.69) is 5.32 Å². The first-order valence-corrected chi connectivity index (χ1v) is 7.36. The molecule has 6 heteroatoms. The van der Waals surface area contributed by atoms with Crippen molar-refractivity contribution in [2.75, 3.05) is 31.7 Å². The lowest BCUT2D eigenvalue weighted by molar-refractivity contribution is -0.118. The third-order valence-corrected chi connectivity index (χ3v) is 4.02. The number of nitrogens with one attached hydrogen (secondary N) is 1. The first-order chi connectivity index (χ1) is 9.04. The number of anilines is 1. The Balaban J connectivity index is 2.50. The van der Waals surface area contributed by atoms with E-state index >= 15 is 0 Å². The Labute approximate surface area is 116 Å². The number of hydrogen-bond donors (Lipinski definition) is 2. The van der Waals surface area contributed by atoms with Gasteiger partial charge in [-0.15, -0.1) is 0 Å². The van der Waals surface area contributed by atoms with Gasteiger partial charge in [0.25, 0.3) is 0 Å². The minimum absolute atomic E-state index is 0.0444. The van der Waals surface area contributed by atoms with E-state index in [1.54, 1.807) is 25.3 Å². The maximum Gasteiger partial charge on any atom is 0.233 e. The monoisotopic (exact) mass is 284 g/mol. The predicted molar refractivity (Wildman–Crippen MR) is 76.4 cm³/mol. The lowest BCUT2D eigenvalue weighted by atomic mass is 10.2. The van der Waals surface area contributed by atoms with Gasteiger partial charge in [0.2, 0.25) is 5.91 Å². The number of amides is 1. The molecule has 1 atom stereocenters. The van der Waals surface area contributed by atoms with Crippen LogP contribution in [0.15, 0.2) is 23.1 Å². The SMILES string of the molecule is COCCCNC(=O)CS(=O)c1cc(N)ccc1C. The zero-order valence-corrected chi connectivity index (χ0v) is 12.1. The van der Waals surface area contributed by atoms with Gasteiger partial charge in [0.05, 0.1) is 10.8 Å². The maximum absolute atomic E-state index is 12.1. The Morgan fingerprint density at radius 1 is 1.47 bits per heavy atom. The highest BCUT2D eigenvalue weighted by Gasteiger charge is 2.12. The number of rotatable bonds is 7. The third-order valence-electron chi connectivity index (χ3n) is 2.57. The molecule has 0 aliphatic heterocycles. The average Bonchev–Trinajstić information content (AvgIpc) is 2.37. The van der Waals surface area contributed by atoms with Crippen LogP contribution < -0.4 is 11.1 Å². The van der Waals surface area contributed by atoms with Crippen molar-refractivity contribution in [1.29, 1.82) is 0 Å². The Bertz CT molecular complexity index is 463. The fourth-order valence-electron chi connectivity index (χ4n) is 1.55. The molecule has 1 amide bonds. The summed E-state index contributed by atoms with van der Waals surface area (Å²) in [6.07, 6.45) is 0.742. The summed E-state index contributed by atoms with van der Waals surface area (Å²) >= 11 is 0. The van der Waals surface area contributed by atoms with Crippen molar-refractivity contribution in [1.82, 2.24) is 5.32 Å². The third kappa shape index (κ3) is 5.40. The van der Waals surface area contributed by atoms with Gasteiger partial charge < -0.3 is 15.8 Å². The molecule has 0 saturated carbocycles. The summed E-state index contributed by atoms with van der Waals surface area (Å²) in [4.78, 5) is 12.2. The molecule has 0 aromatic heterocycles. The van der Waals surface area contributed by atoms with Gasteiger partial charge in [-0.25, -0.2) is 0 Å². The van der Waals surface area contributed by atoms with Crippen molar-refractivity contribution < 1.29 is 13.7 Å². The smallest absolute Gasteiger partial charge is 0.233 e. The van der Waals surface area contributed by atoms with E-state index in [4.69, 9.17) is 10.5 Å². The molecular formula is C13H20N2O3S. The summed E-state index contributed by atoms with van der Waals surface area (Å²) in [6, 6.07) is 5.21. The number of nitrogens with two attached hydrogens (primary N) is 1. The minimum atomic E-state index is -1.37. The summed E-state index contributed by atoms with van der Waals surface area (Å²) in [5.41, 5.74) is 7.09. The molecule has 0 radical (unpaired) electrons. The molecule has 0 spiro atoms. The predicted octanol–water partition coefficient (Wildman–Crippen LogP) is 0.838. The van der Waals surface area contributed by atoms with Crippen LogP contribution in [-0.2, 0) is 20.3 Å². The molecule has 0 fully saturated rings. The van der Waals surface area contributed by atoms with Crippen molar-refractivity contribution in [2.24, 2.45) is 0 Å². The maximum atomic E-state index is 12.1. The topological polar surface area (TPSA) is 81.4 Å². The molecule has 19 heavy (non-hydrogen) atoms. The van der Waals surface area contributed by atoms with Crippen molar-refractivity contribution >= 4 is 22.4 Å². The molecule has 0 aliphatic carbocycles. The van der Waals surface area contributed by atoms with Gasteiger partial charge >= 0.3 is 0 Å². The van der Waals surface area contributed by atoms with Crippen molar-refractivity contribution in [3.63, 3.8) is 0 Å². The Hall–Kier alpha value is -1.40. The Morgan fingerprint density at radius 2 is 2.21 bits per heavy atom. The molecule has 1 unspecified atom stereocenters. The van der Waals surface area contributed by atoms with E-state index in [9.17, 15) is 9.00 Å². The quantitative estimate of drug-likeness (QED) is 0.574. The molecule has 1 aromatic rings. The van der Waals surface area contributed by atoms with Crippen LogP contribution in [0.2, 0.25) is 0 Å². The molecule has 0 heterocycles. The van der Waals surface area contributed by atoms with E-state index in [1.807, 2.05) is 6.92 Å². The second-order valence-corrected chi connectivity index (χ2v) is 5.63. The number of aryl methyl sites for hydroxylation is 1. The summed E-state index contributed by atoms with van der Waals surface area (Å²) in [5, 5.41) is 2.71. The minimum Gasteiger partial charge on any atom is -0.399 e. The second-order valence-electron chi connectivity index (χ2n) is 4.21. The number of hydrogen-bond acceptors (Lipinski definition) is 4. The molecular weight excluding hydrogens is 264 g/mol. The highest BCUT2D eigenvalue weighted by molar-refractivity contribution is 7.85. The first kappa shape index (κ1) is 15.7. The van der Waals surface area contributed by atoms with E-state index in [0.717, 1.165) is 12.0 Å². The number of nitrogen functional groups attached to an aromatic ring is 1. The number of ether oxygens (including phenoxy) is 1. The molecule has 5 nitrogen and oxygen atoms in total. The molecule has 0 saturated heterocycles. The van der Waals surface area contributed by atoms with Gasteiger partial charge in [-0.05, 0) is 31.0 Å². The van der Waals surface area contributed by atoms with Crippen LogP contribution in [0.25, 0.3) is 0 Å². The van der Waals surface area contributed by atoms with Crippen molar-refractivity contribution in [2.45, 2.75) is 18.2 Å². The summed E-state index contributed by atoms with van der Waals surface area (Å²) in [5.74, 6) is -0.270. The Morgan fingerprint density at radius 3 is 2.89 bits per heavy atom. The lowest BCUT2D eigenvalue weighted by Gasteiger charge is -2.08. The van der Waals surface area contributed by atoms with Gasteiger partial charge in [0.1, 0.15) is 5.75 Å². The highest BCUT2D eigenvalue weighted by Crippen LogP contribution is 2.16. The van der Waals surface area contributed by atoms with Crippen LogP contribution in [0.3, 0.4) is 0 Å². The Kier molecular flexibility index (Phi) is 6.52. The van der Waals surface area contributed by atoms with E-state index in [1.165, 1.54) is 0 Å². The molecule has 0 bridgehead atoms. The van der Waals surface area contributed by atoms with Gasteiger partial charge in [-0.1, -0.05) is 6.07 Å². The summed E-state index contributed by atoms with van der Waals surface area (Å²) in [6.45, 7) is 2.97. The normalized spacial score (nSPS) is 12.1. The highest BCUT2D eigenvalue weighted by atomic mass is 32.2. The first-order valence-electron chi connectivity index (χ1n) is 6.04. The standard InChI is InChI=1S/C13H20N2O3S/c1-10-4-5-11(14)8-12(10)19(17)9-13(16)15-6-3-7-18-2/h4-5,8H,3,6-7,9,14H2,1-2H3,(H,15,16). The van der Waals surface area contributed by atoms with Crippen LogP contribution in [0.1, 0.15) is 12.0 Å². The van der Waals surface area contributed by atoms with Crippen LogP contribution in [-0.4, -0.2) is 36.1 Å².